The molecule has 0 saturated carbocycles. The van der Waals surface area contributed by atoms with Crippen LogP contribution in [-0.4, -0.2) is 41.6 Å². The lowest BCUT2D eigenvalue weighted by Gasteiger charge is -2.20. The van der Waals surface area contributed by atoms with Crippen molar-refractivity contribution in [3.8, 4) is 0 Å². The van der Waals surface area contributed by atoms with Crippen molar-refractivity contribution in [1.29, 1.82) is 0 Å². The fraction of sp³-hybridized carbons (Fsp3) is 0.385. The molecule has 0 bridgehead atoms. The highest BCUT2D eigenvalue weighted by Crippen LogP contribution is 2.05. The van der Waals surface area contributed by atoms with E-state index in [2.05, 4.69) is 0 Å². The third kappa shape index (κ3) is 4.97. The Bertz CT molecular complexity index is 391. The topological polar surface area (TPSA) is 66.8 Å². The van der Waals surface area contributed by atoms with Crippen molar-refractivity contribution >= 4 is 11.9 Å². The number of aliphatic carboxylic acids is 1. The fourth-order valence-corrected chi connectivity index (χ4v) is 1.48. The summed E-state index contributed by atoms with van der Waals surface area (Å²) in [6, 6.07) is 9.27. The van der Waals surface area contributed by atoms with Gasteiger partial charge in [-0.15, -0.1) is 0 Å². The molecule has 5 heteroatoms. The molecule has 0 unspecified atom stereocenters. The Balaban J connectivity index is 2.66. The van der Waals surface area contributed by atoms with Gasteiger partial charge in [-0.1, -0.05) is 30.3 Å². The van der Waals surface area contributed by atoms with Gasteiger partial charge >= 0.3 is 5.97 Å². The van der Waals surface area contributed by atoms with Gasteiger partial charge in [0, 0.05) is 13.2 Å². The first-order valence-corrected chi connectivity index (χ1v) is 5.74. The molecule has 0 aromatic heterocycles. The quantitative estimate of drug-likeness (QED) is 0.789. The molecule has 1 N–H and O–H groups in total. The number of carbonyl (C=O) groups is 2. The molecule has 0 atom stereocenters. The number of amides is 1. The average molecular weight is 251 g/mol. The van der Waals surface area contributed by atoms with Gasteiger partial charge in [-0.25, -0.2) is 0 Å². The monoisotopic (exact) mass is 251 g/mol. The van der Waals surface area contributed by atoms with Crippen molar-refractivity contribution in [3.05, 3.63) is 35.9 Å². The van der Waals surface area contributed by atoms with Crippen molar-refractivity contribution in [2.75, 3.05) is 19.8 Å². The van der Waals surface area contributed by atoms with Crippen molar-refractivity contribution in [2.24, 2.45) is 0 Å². The Morgan fingerprint density at radius 3 is 2.50 bits per heavy atom. The Morgan fingerprint density at radius 1 is 1.28 bits per heavy atom. The maximum absolute atomic E-state index is 11.8. The van der Waals surface area contributed by atoms with Crippen LogP contribution < -0.4 is 0 Å². The van der Waals surface area contributed by atoms with Crippen molar-refractivity contribution in [2.45, 2.75) is 13.5 Å². The minimum Gasteiger partial charge on any atom is -0.480 e. The van der Waals surface area contributed by atoms with Gasteiger partial charge in [0.25, 0.3) is 0 Å². The van der Waals surface area contributed by atoms with Gasteiger partial charge in [0.2, 0.25) is 5.91 Å². The van der Waals surface area contributed by atoms with Crippen molar-refractivity contribution < 1.29 is 19.4 Å². The Kier molecular flexibility index (Phi) is 5.87. The van der Waals surface area contributed by atoms with E-state index in [1.165, 1.54) is 4.90 Å². The summed E-state index contributed by atoms with van der Waals surface area (Å²) in [5, 5.41) is 8.80. The summed E-state index contributed by atoms with van der Waals surface area (Å²) in [5.41, 5.74) is 0.892. The normalized spacial score (nSPS) is 10.1. The molecule has 1 amide bonds. The summed E-state index contributed by atoms with van der Waals surface area (Å²) in [6.45, 7) is 2.08. The molecule has 18 heavy (non-hydrogen) atoms. The lowest BCUT2D eigenvalue weighted by Crippen LogP contribution is -2.37. The predicted molar refractivity (Wildman–Crippen MR) is 66.0 cm³/mol. The molecule has 98 valence electrons. The largest absolute Gasteiger partial charge is 0.480 e. The molecule has 0 radical (unpaired) electrons. The van der Waals surface area contributed by atoms with Gasteiger partial charge in [0.15, 0.2) is 0 Å². The van der Waals surface area contributed by atoms with Gasteiger partial charge in [0.1, 0.15) is 13.2 Å². The summed E-state index contributed by atoms with van der Waals surface area (Å²) in [6.07, 6.45) is 0. The highest BCUT2D eigenvalue weighted by atomic mass is 16.5. The van der Waals surface area contributed by atoms with Crippen molar-refractivity contribution in [3.63, 3.8) is 0 Å². The Hall–Kier alpha value is -1.88. The number of nitrogens with zero attached hydrogens (tertiary/aromatic N) is 1. The third-order valence-electron chi connectivity index (χ3n) is 2.32. The van der Waals surface area contributed by atoms with E-state index >= 15 is 0 Å². The van der Waals surface area contributed by atoms with Crippen LogP contribution in [0.1, 0.15) is 12.5 Å². The van der Waals surface area contributed by atoms with E-state index in [9.17, 15) is 9.59 Å². The molecule has 1 rings (SSSR count). The summed E-state index contributed by atoms with van der Waals surface area (Å²) < 4.78 is 5.01. The average Bonchev–Trinajstić information content (AvgIpc) is 2.36. The van der Waals surface area contributed by atoms with E-state index < -0.39 is 5.97 Å². The van der Waals surface area contributed by atoms with Crippen LogP contribution in [0.15, 0.2) is 30.3 Å². The summed E-state index contributed by atoms with van der Waals surface area (Å²) >= 11 is 0. The molecule has 0 aliphatic carbocycles. The number of carbonyl (C=O) groups excluding carboxylic acids is 1. The summed E-state index contributed by atoms with van der Waals surface area (Å²) in [7, 11) is 0. The first kappa shape index (κ1) is 14.2. The Morgan fingerprint density at radius 2 is 1.94 bits per heavy atom. The second-order valence-electron chi connectivity index (χ2n) is 3.77. The van der Waals surface area contributed by atoms with E-state index in [0.29, 0.717) is 6.61 Å². The van der Waals surface area contributed by atoms with Crippen LogP contribution in [0.25, 0.3) is 0 Å². The van der Waals surface area contributed by atoms with Crippen LogP contribution >= 0.6 is 0 Å². The highest BCUT2D eigenvalue weighted by molar-refractivity contribution is 5.82. The number of benzene rings is 1. The van der Waals surface area contributed by atoms with Crippen LogP contribution in [0, 0.1) is 0 Å². The molecule has 1 aromatic rings. The van der Waals surface area contributed by atoms with Crippen LogP contribution in [0.4, 0.5) is 0 Å². The lowest BCUT2D eigenvalue weighted by atomic mass is 10.2. The molecule has 0 fully saturated rings. The maximum Gasteiger partial charge on any atom is 0.323 e. The number of rotatable bonds is 7. The zero-order valence-electron chi connectivity index (χ0n) is 10.3. The SMILES string of the molecule is CCOCC(=O)N(CC(=O)O)Cc1ccccc1. The van der Waals surface area contributed by atoms with Crippen LogP contribution in [0.5, 0.6) is 0 Å². The van der Waals surface area contributed by atoms with Crippen molar-refractivity contribution in [1.82, 2.24) is 4.90 Å². The van der Waals surface area contributed by atoms with E-state index in [0.717, 1.165) is 5.56 Å². The minimum atomic E-state index is -1.03. The van der Waals surface area contributed by atoms with Crippen LogP contribution in [-0.2, 0) is 20.9 Å². The maximum atomic E-state index is 11.8. The van der Waals surface area contributed by atoms with Gasteiger partial charge in [-0.3, -0.25) is 9.59 Å². The van der Waals surface area contributed by atoms with Crippen LogP contribution in [0.2, 0.25) is 0 Å². The molecule has 0 aliphatic heterocycles. The molecule has 1 aromatic carbocycles. The molecule has 0 aliphatic rings. The summed E-state index contributed by atoms with van der Waals surface area (Å²) in [4.78, 5) is 23.8. The first-order chi connectivity index (χ1) is 8.63. The number of carboxylic acid groups (broad SMARTS) is 1. The lowest BCUT2D eigenvalue weighted by molar-refractivity contribution is -0.146. The third-order valence-corrected chi connectivity index (χ3v) is 2.32. The predicted octanol–water partition coefficient (Wildman–Crippen LogP) is 1.14. The smallest absolute Gasteiger partial charge is 0.323 e. The van der Waals surface area contributed by atoms with E-state index in [4.69, 9.17) is 9.84 Å². The molecular weight excluding hydrogens is 234 g/mol. The molecule has 0 spiro atoms. The Labute approximate surface area is 106 Å². The zero-order chi connectivity index (χ0) is 13.4. The zero-order valence-corrected chi connectivity index (χ0v) is 10.3. The number of hydrogen-bond acceptors (Lipinski definition) is 3. The van der Waals surface area contributed by atoms with E-state index in [-0.39, 0.29) is 25.6 Å². The highest BCUT2D eigenvalue weighted by Gasteiger charge is 2.16. The molecule has 0 saturated heterocycles. The standard InChI is InChI=1S/C13H17NO4/c1-2-18-10-12(15)14(9-13(16)17)8-11-6-4-3-5-7-11/h3-7H,2,8-10H2,1H3,(H,16,17). The van der Waals surface area contributed by atoms with E-state index in [1.54, 1.807) is 6.92 Å². The minimum absolute atomic E-state index is 0.0867. The second kappa shape index (κ2) is 7.45. The van der Waals surface area contributed by atoms with Gasteiger partial charge in [-0.2, -0.15) is 0 Å². The van der Waals surface area contributed by atoms with Gasteiger partial charge in [0.05, 0.1) is 0 Å². The number of carboxylic acids is 1. The number of hydrogen-bond donors (Lipinski definition) is 1. The van der Waals surface area contributed by atoms with E-state index in [1.807, 2.05) is 30.3 Å². The van der Waals surface area contributed by atoms with Gasteiger partial charge < -0.3 is 14.7 Å². The van der Waals surface area contributed by atoms with Crippen LogP contribution in [0.3, 0.4) is 0 Å². The van der Waals surface area contributed by atoms with Gasteiger partial charge in [-0.05, 0) is 12.5 Å². The summed E-state index contributed by atoms with van der Waals surface area (Å²) in [5.74, 6) is -1.35. The first-order valence-electron chi connectivity index (χ1n) is 5.74. The second-order valence-corrected chi connectivity index (χ2v) is 3.77. The number of ether oxygens (including phenoxy) is 1. The fourth-order valence-electron chi connectivity index (χ4n) is 1.48. The molecular formula is C13H17NO4. The molecule has 0 heterocycles. The molecule has 5 nitrogen and oxygen atoms in total.